The van der Waals surface area contributed by atoms with Crippen molar-refractivity contribution in [2.24, 2.45) is 0 Å². The van der Waals surface area contributed by atoms with Crippen LogP contribution in [-0.2, 0) is 0 Å². The standard InChI is InChI=1S/C16H24BrNO/c1-12-10-15(11-13(2)16(12)17)19-9-8-18-7-5-4-6-14(18)3/h10-11,14H,4-9H2,1-3H3. The Kier molecular flexibility index (Phi) is 5.28. The van der Waals surface area contributed by atoms with Gasteiger partial charge in [-0.3, -0.25) is 4.90 Å². The highest BCUT2D eigenvalue weighted by atomic mass is 79.9. The molecule has 0 aliphatic carbocycles. The summed E-state index contributed by atoms with van der Waals surface area (Å²) in [5.74, 6) is 0.989. The Balaban J connectivity index is 1.85. The number of ether oxygens (including phenoxy) is 1. The molecule has 0 amide bonds. The van der Waals surface area contributed by atoms with E-state index in [1.807, 2.05) is 0 Å². The van der Waals surface area contributed by atoms with Crippen LogP contribution in [0.3, 0.4) is 0 Å². The lowest BCUT2D eigenvalue weighted by atomic mass is 10.0. The SMILES string of the molecule is Cc1cc(OCCN2CCCCC2C)cc(C)c1Br. The van der Waals surface area contributed by atoms with Gasteiger partial charge in [0.2, 0.25) is 0 Å². The van der Waals surface area contributed by atoms with Crippen LogP contribution >= 0.6 is 15.9 Å². The first-order chi connectivity index (χ1) is 9.08. The second kappa shape index (κ2) is 6.76. The van der Waals surface area contributed by atoms with Gasteiger partial charge in [0.15, 0.2) is 0 Å². The molecule has 1 atom stereocenters. The highest BCUT2D eigenvalue weighted by Crippen LogP contribution is 2.26. The lowest BCUT2D eigenvalue weighted by molar-refractivity contribution is 0.133. The molecule has 1 fully saturated rings. The molecule has 2 nitrogen and oxygen atoms in total. The second-order valence-electron chi connectivity index (χ2n) is 5.60. The highest BCUT2D eigenvalue weighted by molar-refractivity contribution is 9.10. The van der Waals surface area contributed by atoms with Crippen LogP contribution in [-0.4, -0.2) is 30.6 Å². The molecule has 1 heterocycles. The van der Waals surface area contributed by atoms with Gasteiger partial charge in [0.05, 0.1) is 0 Å². The fraction of sp³-hybridized carbons (Fsp3) is 0.625. The molecule has 0 aromatic heterocycles. The molecule has 1 aliphatic rings. The van der Waals surface area contributed by atoms with E-state index in [0.29, 0.717) is 6.04 Å². The third-order valence-corrected chi connectivity index (χ3v) is 5.25. The van der Waals surface area contributed by atoms with Crippen molar-refractivity contribution in [3.63, 3.8) is 0 Å². The van der Waals surface area contributed by atoms with Crippen LogP contribution in [0.25, 0.3) is 0 Å². The zero-order valence-electron chi connectivity index (χ0n) is 12.2. The van der Waals surface area contributed by atoms with Gasteiger partial charge in [-0.1, -0.05) is 22.4 Å². The minimum absolute atomic E-state index is 0.714. The van der Waals surface area contributed by atoms with Crippen molar-refractivity contribution in [1.82, 2.24) is 4.90 Å². The largest absolute Gasteiger partial charge is 0.492 e. The fourth-order valence-corrected chi connectivity index (χ4v) is 2.99. The number of halogens is 1. The third-order valence-electron chi connectivity index (χ3n) is 4.00. The summed E-state index contributed by atoms with van der Waals surface area (Å²) in [6.45, 7) is 9.59. The average Bonchev–Trinajstić information content (AvgIpc) is 2.38. The van der Waals surface area contributed by atoms with Gasteiger partial charge in [-0.05, 0) is 63.4 Å². The molecule has 1 unspecified atom stereocenters. The maximum Gasteiger partial charge on any atom is 0.119 e. The number of hydrogen-bond acceptors (Lipinski definition) is 2. The molecule has 2 rings (SSSR count). The van der Waals surface area contributed by atoms with E-state index in [4.69, 9.17) is 4.74 Å². The molecule has 106 valence electrons. The van der Waals surface area contributed by atoms with Gasteiger partial charge in [0.1, 0.15) is 12.4 Å². The molecular formula is C16H24BrNO. The minimum Gasteiger partial charge on any atom is -0.492 e. The zero-order chi connectivity index (χ0) is 13.8. The van der Waals surface area contributed by atoms with Crippen LogP contribution in [0, 0.1) is 13.8 Å². The number of nitrogens with zero attached hydrogens (tertiary/aromatic N) is 1. The maximum atomic E-state index is 5.91. The summed E-state index contributed by atoms with van der Waals surface area (Å²) in [6, 6.07) is 4.93. The number of piperidine rings is 1. The van der Waals surface area contributed by atoms with Gasteiger partial charge >= 0.3 is 0 Å². The quantitative estimate of drug-likeness (QED) is 0.817. The Hall–Kier alpha value is -0.540. The summed E-state index contributed by atoms with van der Waals surface area (Å²) < 4.78 is 7.10. The summed E-state index contributed by atoms with van der Waals surface area (Å²) in [5.41, 5.74) is 2.47. The summed E-state index contributed by atoms with van der Waals surface area (Å²) in [5, 5.41) is 0. The van der Waals surface area contributed by atoms with Crippen molar-refractivity contribution in [2.45, 2.75) is 46.1 Å². The molecule has 1 aliphatic heterocycles. The first kappa shape index (κ1) is 14.9. The Morgan fingerprint density at radius 1 is 1.26 bits per heavy atom. The van der Waals surface area contributed by atoms with Crippen LogP contribution in [0.2, 0.25) is 0 Å². The molecule has 0 spiro atoms. The average molecular weight is 326 g/mol. The number of likely N-dealkylation sites (tertiary alicyclic amines) is 1. The number of aryl methyl sites for hydroxylation is 2. The van der Waals surface area contributed by atoms with Crippen molar-refractivity contribution in [2.75, 3.05) is 19.7 Å². The zero-order valence-corrected chi connectivity index (χ0v) is 13.8. The van der Waals surface area contributed by atoms with Crippen molar-refractivity contribution in [3.05, 3.63) is 27.7 Å². The van der Waals surface area contributed by atoms with Crippen molar-refractivity contribution < 1.29 is 4.74 Å². The van der Waals surface area contributed by atoms with E-state index in [1.165, 1.54) is 41.4 Å². The third kappa shape index (κ3) is 3.96. The lowest BCUT2D eigenvalue weighted by Gasteiger charge is -2.33. The second-order valence-corrected chi connectivity index (χ2v) is 6.39. The molecule has 19 heavy (non-hydrogen) atoms. The molecule has 0 bridgehead atoms. The smallest absolute Gasteiger partial charge is 0.119 e. The Labute approximate surface area is 125 Å². The van der Waals surface area contributed by atoms with E-state index in [9.17, 15) is 0 Å². The number of rotatable bonds is 4. The Bertz CT molecular complexity index is 410. The number of benzene rings is 1. The van der Waals surface area contributed by atoms with Crippen LogP contribution < -0.4 is 4.74 Å². The minimum atomic E-state index is 0.714. The van der Waals surface area contributed by atoms with E-state index in [1.54, 1.807) is 0 Å². The molecule has 3 heteroatoms. The summed E-state index contributed by atoms with van der Waals surface area (Å²) in [7, 11) is 0. The first-order valence-corrected chi connectivity index (χ1v) is 8.01. The summed E-state index contributed by atoms with van der Waals surface area (Å²) in [6.07, 6.45) is 4.04. The van der Waals surface area contributed by atoms with Crippen molar-refractivity contribution in [3.8, 4) is 5.75 Å². The Morgan fingerprint density at radius 3 is 2.58 bits per heavy atom. The van der Waals surface area contributed by atoms with E-state index in [2.05, 4.69) is 53.7 Å². The molecule has 0 saturated carbocycles. The number of hydrogen-bond donors (Lipinski definition) is 0. The van der Waals surface area contributed by atoms with E-state index < -0.39 is 0 Å². The van der Waals surface area contributed by atoms with E-state index in [-0.39, 0.29) is 0 Å². The van der Waals surface area contributed by atoms with Gasteiger partial charge < -0.3 is 4.74 Å². The van der Waals surface area contributed by atoms with E-state index >= 15 is 0 Å². The predicted octanol–water partition coefficient (Wildman–Crippen LogP) is 4.32. The summed E-state index contributed by atoms with van der Waals surface area (Å²) >= 11 is 3.59. The highest BCUT2D eigenvalue weighted by Gasteiger charge is 2.17. The van der Waals surface area contributed by atoms with Crippen LogP contribution in [0.15, 0.2) is 16.6 Å². The van der Waals surface area contributed by atoms with Gasteiger partial charge in [-0.2, -0.15) is 0 Å². The normalized spacial score (nSPS) is 20.5. The van der Waals surface area contributed by atoms with Gasteiger partial charge in [-0.25, -0.2) is 0 Å². The van der Waals surface area contributed by atoms with Crippen LogP contribution in [0.1, 0.15) is 37.3 Å². The molecular weight excluding hydrogens is 302 g/mol. The maximum absolute atomic E-state index is 5.91. The lowest BCUT2D eigenvalue weighted by Crippen LogP contribution is -2.39. The van der Waals surface area contributed by atoms with Crippen molar-refractivity contribution >= 4 is 15.9 Å². The van der Waals surface area contributed by atoms with Gasteiger partial charge in [0, 0.05) is 17.1 Å². The van der Waals surface area contributed by atoms with Crippen molar-refractivity contribution in [1.29, 1.82) is 0 Å². The molecule has 0 N–H and O–H groups in total. The van der Waals surface area contributed by atoms with Gasteiger partial charge in [-0.15, -0.1) is 0 Å². The van der Waals surface area contributed by atoms with E-state index in [0.717, 1.165) is 18.9 Å². The Morgan fingerprint density at radius 2 is 1.95 bits per heavy atom. The molecule has 0 radical (unpaired) electrons. The van der Waals surface area contributed by atoms with Crippen LogP contribution in [0.5, 0.6) is 5.75 Å². The first-order valence-electron chi connectivity index (χ1n) is 7.21. The monoisotopic (exact) mass is 325 g/mol. The molecule has 1 aromatic rings. The van der Waals surface area contributed by atoms with Crippen LogP contribution in [0.4, 0.5) is 0 Å². The topological polar surface area (TPSA) is 12.5 Å². The van der Waals surface area contributed by atoms with Gasteiger partial charge in [0.25, 0.3) is 0 Å². The molecule has 1 aromatic carbocycles. The predicted molar refractivity (Wildman–Crippen MR) is 84.0 cm³/mol. The fourth-order valence-electron chi connectivity index (χ4n) is 2.76. The molecule has 1 saturated heterocycles. The summed E-state index contributed by atoms with van der Waals surface area (Å²) in [4.78, 5) is 2.54.